The number of carbonyl (C=O) groups is 1. The molecule has 10 nitrogen and oxygen atoms in total. The van der Waals surface area contributed by atoms with Crippen molar-refractivity contribution in [3.63, 3.8) is 0 Å². The Labute approximate surface area is 210 Å². The smallest absolute Gasteiger partial charge is 0.258 e. The van der Waals surface area contributed by atoms with Gasteiger partial charge >= 0.3 is 0 Å². The van der Waals surface area contributed by atoms with E-state index in [0.29, 0.717) is 44.8 Å². The molecule has 1 aliphatic heterocycles. The minimum absolute atomic E-state index is 0.00633. The lowest BCUT2D eigenvalue weighted by Crippen LogP contribution is -2.40. The Balaban J connectivity index is 1.51. The Hall–Kier alpha value is -2.22. The van der Waals surface area contributed by atoms with Crippen LogP contribution >= 0.6 is 11.6 Å². The van der Waals surface area contributed by atoms with Crippen LogP contribution in [0.3, 0.4) is 0 Å². The van der Waals surface area contributed by atoms with Gasteiger partial charge in [-0.3, -0.25) is 4.79 Å². The second-order valence-corrected chi connectivity index (χ2v) is 11.8. The van der Waals surface area contributed by atoms with Gasteiger partial charge in [0.1, 0.15) is 5.75 Å². The summed E-state index contributed by atoms with van der Waals surface area (Å²) in [5.41, 5.74) is 0.714. The number of nitrogens with one attached hydrogen (secondary N) is 2. The van der Waals surface area contributed by atoms with Crippen LogP contribution in [0, 0.1) is 0 Å². The van der Waals surface area contributed by atoms with E-state index in [4.69, 9.17) is 21.1 Å². The van der Waals surface area contributed by atoms with E-state index in [9.17, 15) is 21.6 Å². The number of amides is 1. The van der Waals surface area contributed by atoms with Gasteiger partial charge in [0.2, 0.25) is 20.0 Å². The van der Waals surface area contributed by atoms with E-state index in [-0.39, 0.29) is 33.7 Å². The van der Waals surface area contributed by atoms with Gasteiger partial charge in [0.05, 0.1) is 28.0 Å². The standard InChI is InChI=1S/C22H28ClN3O7S2/c1-2-9-25-34(28,29)19-7-8-21(20(23)14-19)33-16-22(27)24-15-17-3-5-18(6-4-17)35(30,31)26-10-12-32-13-11-26/h3-8,14,25H,2,9-13,15-16H2,1H3,(H,24,27). The van der Waals surface area contributed by atoms with E-state index in [1.54, 1.807) is 12.1 Å². The largest absolute Gasteiger partial charge is 0.482 e. The molecule has 0 radical (unpaired) electrons. The van der Waals surface area contributed by atoms with Crippen LogP contribution in [0.4, 0.5) is 0 Å². The van der Waals surface area contributed by atoms with Crippen molar-refractivity contribution in [3.05, 3.63) is 53.1 Å². The predicted octanol–water partition coefficient (Wildman–Crippen LogP) is 1.74. The molecule has 2 N–H and O–H groups in total. The lowest BCUT2D eigenvalue weighted by molar-refractivity contribution is -0.123. The molecule has 1 fully saturated rings. The van der Waals surface area contributed by atoms with Crippen molar-refractivity contribution >= 4 is 37.6 Å². The van der Waals surface area contributed by atoms with Crippen LogP contribution in [0.15, 0.2) is 52.3 Å². The van der Waals surface area contributed by atoms with Crippen LogP contribution in [0.5, 0.6) is 5.75 Å². The molecule has 2 aromatic carbocycles. The van der Waals surface area contributed by atoms with Gasteiger partial charge in [-0.2, -0.15) is 4.31 Å². The first-order valence-corrected chi connectivity index (χ1v) is 14.3. The molecule has 0 bridgehead atoms. The summed E-state index contributed by atoms with van der Waals surface area (Å²) in [6, 6.07) is 10.3. The van der Waals surface area contributed by atoms with Crippen LogP contribution in [0.25, 0.3) is 0 Å². The van der Waals surface area contributed by atoms with Gasteiger partial charge in [-0.1, -0.05) is 30.7 Å². The zero-order valence-electron chi connectivity index (χ0n) is 19.2. The van der Waals surface area contributed by atoms with Crippen molar-refractivity contribution in [2.75, 3.05) is 39.5 Å². The van der Waals surface area contributed by atoms with Gasteiger partial charge in [-0.25, -0.2) is 21.6 Å². The summed E-state index contributed by atoms with van der Waals surface area (Å²) in [6.45, 7) is 3.38. The lowest BCUT2D eigenvalue weighted by atomic mass is 10.2. The molecule has 1 saturated heterocycles. The van der Waals surface area contributed by atoms with E-state index in [2.05, 4.69) is 10.0 Å². The molecule has 1 heterocycles. The number of morpholine rings is 1. The van der Waals surface area contributed by atoms with Crippen molar-refractivity contribution in [1.82, 2.24) is 14.3 Å². The van der Waals surface area contributed by atoms with Gasteiger partial charge < -0.3 is 14.8 Å². The van der Waals surface area contributed by atoms with Crippen LogP contribution in [-0.4, -0.2) is 66.5 Å². The molecule has 0 saturated carbocycles. The average Bonchev–Trinajstić information content (AvgIpc) is 2.86. The van der Waals surface area contributed by atoms with E-state index in [0.717, 1.165) is 0 Å². The van der Waals surface area contributed by atoms with Gasteiger partial charge in [0, 0.05) is 26.2 Å². The molecule has 2 aromatic rings. The highest BCUT2D eigenvalue weighted by Gasteiger charge is 2.26. The number of carbonyl (C=O) groups excluding carboxylic acids is 1. The molecule has 0 aliphatic carbocycles. The maximum atomic E-state index is 12.7. The Morgan fingerprint density at radius 3 is 2.34 bits per heavy atom. The fourth-order valence-electron chi connectivity index (χ4n) is 3.20. The minimum Gasteiger partial charge on any atom is -0.482 e. The molecule has 1 amide bonds. The van der Waals surface area contributed by atoms with E-state index in [1.165, 1.54) is 34.6 Å². The number of nitrogens with zero attached hydrogens (tertiary/aromatic N) is 1. The second kappa shape index (κ2) is 12.2. The van der Waals surface area contributed by atoms with Gasteiger partial charge in [-0.15, -0.1) is 0 Å². The molecular weight excluding hydrogens is 518 g/mol. The summed E-state index contributed by atoms with van der Waals surface area (Å²) in [7, 11) is -7.25. The lowest BCUT2D eigenvalue weighted by Gasteiger charge is -2.26. The third-order valence-electron chi connectivity index (χ3n) is 5.14. The van der Waals surface area contributed by atoms with Gasteiger partial charge in [0.15, 0.2) is 6.61 Å². The third kappa shape index (κ3) is 7.38. The summed E-state index contributed by atoms with van der Waals surface area (Å²) in [5.74, 6) is -0.249. The number of rotatable bonds is 11. The number of sulfonamides is 2. The summed E-state index contributed by atoms with van der Waals surface area (Å²) in [4.78, 5) is 12.4. The zero-order valence-corrected chi connectivity index (χ0v) is 21.6. The van der Waals surface area contributed by atoms with Gasteiger partial charge in [-0.05, 0) is 42.3 Å². The van der Waals surface area contributed by atoms with E-state index >= 15 is 0 Å². The number of hydrogen-bond donors (Lipinski definition) is 2. The molecule has 0 unspecified atom stereocenters. The maximum absolute atomic E-state index is 12.7. The normalized spacial score (nSPS) is 15.0. The van der Waals surface area contributed by atoms with Crippen LogP contribution in [0.2, 0.25) is 5.02 Å². The Morgan fingerprint density at radius 1 is 1.06 bits per heavy atom. The zero-order chi connectivity index (χ0) is 25.5. The van der Waals surface area contributed by atoms with Crippen LogP contribution in [-0.2, 0) is 36.1 Å². The minimum atomic E-state index is -3.67. The monoisotopic (exact) mass is 545 g/mol. The summed E-state index contributed by atoms with van der Waals surface area (Å²) < 4.78 is 64.2. The number of halogens is 1. The van der Waals surface area contributed by atoms with Crippen LogP contribution < -0.4 is 14.8 Å². The fourth-order valence-corrected chi connectivity index (χ4v) is 6.06. The summed E-state index contributed by atoms with van der Waals surface area (Å²) in [5, 5.41) is 2.74. The SMILES string of the molecule is CCCNS(=O)(=O)c1ccc(OCC(=O)NCc2ccc(S(=O)(=O)N3CCOCC3)cc2)c(Cl)c1. The summed E-state index contributed by atoms with van der Waals surface area (Å²) >= 11 is 6.13. The fraction of sp³-hybridized carbons (Fsp3) is 0.409. The predicted molar refractivity (Wildman–Crippen MR) is 130 cm³/mol. The van der Waals surface area contributed by atoms with Crippen LogP contribution in [0.1, 0.15) is 18.9 Å². The maximum Gasteiger partial charge on any atom is 0.258 e. The summed E-state index contributed by atoms with van der Waals surface area (Å²) in [6.07, 6.45) is 0.654. The Kier molecular flexibility index (Phi) is 9.50. The van der Waals surface area contributed by atoms with Crippen molar-refractivity contribution in [1.29, 1.82) is 0 Å². The molecule has 3 rings (SSSR count). The molecule has 0 atom stereocenters. The Morgan fingerprint density at radius 2 is 1.71 bits per heavy atom. The highest BCUT2D eigenvalue weighted by Crippen LogP contribution is 2.27. The van der Waals surface area contributed by atoms with Crippen molar-refractivity contribution in [2.45, 2.75) is 29.7 Å². The van der Waals surface area contributed by atoms with Crippen molar-refractivity contribution in [2.24, 2.45) is 0 Å². The number of ether oxygens (including phenoxy) is 2. The number of benzene rings is 2. The quantitative estimate of drug-likeness (QED) is 0.439. The molecule has 35 heavy (non-hydrogen) atoms. The Bertz CT molecular complexity index is 1230. The molecule has 0 aromatic heterocycles. The highest BCUT2D eigenvalue weighted by molar-refractivity contribution is 7.89. The first kappa shape index (κ1) is 27.4. The molecular formula is C22H28ClN3O7S2. The molecule has 0 spiro atoms. The average molecular weight is 546 g/mol. The second-order valence-electron chi connectivity index (χ2n) is 7.72. The van der Waals surface area contributed by atoms with E-state index < -0.39 is 26.0 Å². The van der Waals surface area contributed by atoms with E-state index in [1.807, 2.05) is 6.92 Å². The molecule has 1 aliphatic rings. The topological polar surface area (TPSA) is 131 Å². The highest BCUT2D eigenvalue weighted by atomic mass is 35.5. The van der Waals surface area contributed by atoms with Gasteiger partial charge in [0.25, 0.3) is 5.91 Å². The first-order valence-electron chi connectivity index (χ1n) is 11.0. The molecule has 192 valence electrons. The third-order valence-corrected chi connectivity index (χ3v) is 8.80. The van der Waals surface area contributed by atoms with Crippen molar-refractivity contribution in [3.8, 4) is 5.75 Å². The van der Waals surface area contributed by atoms with Crippen molar-refractivity contribution < 1.29 is 31.1 Å². The number of hydrogen-bond acceptors (Lipinski definition) is 7. The first-order chi connectivity index (χ1) is 16.6. The molecule has 13 heteroatoms.